The van der Waals surface area contributed by atoms with Crippen molar-refractivity contribution in [2.45, 2.75) is 19.5 Å². The molecule has 20 heavy (non-hydrogen) atoms. The maximum absolute atomic E-state index is 5.74. The fourth-order valence-corrected chi connectivity index (χ4v) is 2.39. The number of ether oxygens (including phenoxy) is 2. The van der Waals surface area contributed by atoms with Crippen LogP contribution in [0, 0.1) is 0 Å². The number of hydrogen-bond donors (Lipinski definition) is 1. The molecule has 3 rings (SSSR count). The van der Waals surface area contributed by atoms with E-state index in [4.69, 9.17) is 9.47 Å². The van der Waals surface area contributed by atoms with Gasteiger partial charge in [-0.3, -0.25) is 4.68 Å². The molecule has 5 heteroatoms. The summed E-state index contributed by atoms with van der Waals surface area (Å²) in [5.74, 6) is 1.76. The topological polar surface area (TPSA) is 48.3 Å². The van der Waals surface area contributed by atoms with Crippen LogP contribution in [0.1, 0.15) is 18.5 Å². The summed E-state index contributed by atoms with van der Waals surface area (Å²) >= 11 is 0. The predicted octanol–water partition coefficient (Wildman–Crippen LogP) is 2.01. The fraction of sp³-hybridized carbons (Fsp3) is 0.400. The molecule has 1 atom stereocenters. The van der Waals surface area contributed by atoms with Gasteiger partial charge in [0, 0.05) is 24.0 Å². The van der Waals surface area contributed by atoms with E-state index in [1.165, 1.54) is 5.56 Å². The van der Waals surface area contributed by atoms with Crippen LogP contribution in [0.3, 0.4) is 0 Å². The van der Waals surface area contributed by atoms with Gasteiger partial charge in [-0.05, 0) is 24.7 Å². The average molecular weight is 273 g/mol. The molecule has 0 fully saturated rings. The minimum Gasteiger partial charge on any atom is -0.492 e. The van der Waals surface area contributed by atoms with Crippen molar-refractivity contribution < 1.29 is 9.47 Å². The lowest BCUT2D eigenvalue weighted by Crippen LogP contribution is -2.21. The molecule has 1 aliphatic rings. The van der Waals surface area contributed by atoms with Gasteiger partial charge in [0.1, 0.15) is 24.7 Å². The van der Waals surface area contributed by atoms with E-state index in [2.05, 4.69) is 23.4 Å². The molecule has 0 saturated carbocycles. The van der Waals surface area contributed by atoms with Crippen molar-refractivity contribution in [3.63, 3.8) is 0 Å². The van der Waals surface area contributed by atoms with Crippen molar-refractivity contribution in [3.8, 4) is 11.5 Å². The van der Waals surface area contributed by atoms with E-state index in [1.807, 2.05) is 29.1 Å². The minimum absolute atomic E-state index is 0.299. The molecule has 0 aliphatic carbocycles. The summed E-state index contributed by atoms with van der Waals surface area (Å²) in [7, 11) is 0. The van der Waals surface area contributed by atoms with E-state index in [-0.39, 0.29) is 0 Å². The maximum Gasteiger partial charge on any atom is 0.127 e. The summed E-state index contributed by atoms with van der Waals surface area (Å²) in [6.07, 6.45) is 3.69. The normalized spacial score (nSPS) is 16.8. The van der Waals surface area contributed by atoms with Gasteiger partial charge in [-0.1, -0.05) is 6.92 Å². The van der Waals surface area contributed by atoms with Gasteiger partial charge >= 0.3 is 0 Å². The smallest absolute Gasteiger partial charge is 0.127 e. The molecular weight excluding hydrogens is 254 g/mol. The number of rotatable bonds is 6. The van der Waals surface area contributed by atoms with Crippen LogP contribution >= 0.6 is 0 Å². The lowest BCUT2D eigenvalue weighted by molar-refractivity contribution is 0.287. The Balaban J connectivity index is 1.59. The molecule has 2 aromatic rings. The molecule has 1 aliphatic heterocycles. The Morgan fingerprint density at radius 2 is 2.45 bits per heavy atom. The van der Waals surface area contributed by atoms with E-state index in [0.717, 1.165) is 24.6 Å². The van der Waals surface area contributed by atoms with Crippen molar-refractivity contribution in [2.75, 3.05) is 19.8 Å². The van der Waals surface area contributed by atoms with Crippen molar-refractivity contribution in [2.24, 2.45) is 0 Å². The summed E-state index contributed by atoms with van der Waals surface area (Å²) in [6, 6.07) is 8.26. The van der Waals surface area contributed by atoms with E-state index in [9.17, 15) is 0 Å². The second-order valence-corrected chi connectivity index (χ2v) is 4.74. The average Bonchev–Trinajstić information content (AvgIpc) is 3.09. The molecule has 0 amide bonds. The molecular formula is C15H19N3O2. The van der Waals surface area contributed by atoms with Gasteiger partial charge in [0.15, 0.2) is 0 Å². The molecule has 0 spiro atoms. The third-order valence-electron chi connectivity index (χ3n) is 3.36. The Kier molecular flexibility index (Phi) is 3.87. The summed E-state index contributed by atoms with van der Waals surface area (Å²) in [4.78, 5) is 0. The largest absolute Gasteiger partial charge is 0.492 e. The van der Waals surface area contributed by atoms with Crippen LogP contribution in [0.4, 0.5) is 0 Å². The zero-order valence-corrected chi connectivity index (χ0v) is 11.6. The SMILES string of the molecule is CCNC1COc2cc(OCCn3cccn3)ccc21. The summed E-state index contributed by atoms with van der Waals surface area (Å²) in [5, 5.41) is 7.54. The molecule has 1 aromatic carbocycles. The molecule has 2 heterocycles. The van der Waals surface area contributed by atoms with Crippen LogP contribution in [0.5, 0.6) is 11.5 Å². The summed E-state index contributed by atoms with van der Waals surface area (Å²) in [5.41, 5.74) is 1.21. The highest BCUT2D eigenvalue weighted by Gasteiger charge is 2.23. The molecule has 0 radical (unpaired) electrons. The Bertz CT molecular complexity index is 554. The van der Waals surface area contributed by atoms with Gasteiger partial charge in [0.2, 0.25) is 0 Å². The third-order valence-corrected chi connectivity index (χ3v) is 3.36. The summed E-state index contributed by atoms with van der Waals surface area (Å²) in [6.45, 7) is 5.07. The predicted molar refractivity (Wildman–Crippen MR) is 76.1 cm³/mol. The lowest BCUT2D eigenvalue weighted by Gasteiger charge is -2.10. The van der Waals surface area contributed by atoms with E-state index in [1.54, 1.807) is 6.20 Å². The highest BCUT2D eigenvalue weighted by molar-refractivity contribution is 5.45. The standard InChI is InChI=1S/C15H19N3O2/c1-2-16-14-11-20-15-10-12(4-5-13(14)15)19-9-8-18-7-3-6-17-18/h3-7,10,14,16H,2,8-9,11H2,1H3. The monoisotopic (exact) mass is 273 g/mol. The zero-order chi connectivity index (χ0) is 13.8. The number of likely N-dealkylation sites (N-methyl/N-ethyl adjacent to an activating group) is 1. The Labute approximate surface area is 118 Å². The quantitative estimate of drug-likeness (QED) is 0.874. The number of hydrogen-bond acceptors (Lipinski definition) is 4. The van der Waals surface area contributed by atoms with Gasteiger partial charge in [0.05, 0.1) is 12.6 Å². The Morgan fingerprint density at radius 1 is 1.50 bits per heavy atom. The fourth-order valence-electron chi connectivity index (χ4n) is 2.39. The van der Waals surface area contributed by atoms with Crippen LogP contribution in [0.15, 0.2) is 36.7 Å². The lowest BCUT2D eigenvalue weighted by atomic mass is 10.1. The van der Waals surface area contributed by atoms with Gasteiger partial charge in [-0.25, -0.2) is 0 Å². The van der Waals surface area contributed by atoms with Crippen LogP contribution < -0.4 is 14.8 Å². The van der Waals surface area contributed by atoms with Crippen LogP contribution in [-0.4, -0.2) is 29.5 Å². The van der Waals surface area contributed by atoms with Gasteiger partial charge in [-0.15, -0.1) is 0 Å². The van der Waals surface area contributed by atoms with E-state index >= 15 is 0 Å². The molecule has 1 unspecified atom stereocenters. The Morgan fingerprint density at radius 3 is 3.25 bits per heavy atom. The number of benzene rings is 1. The first-order chi connectivity index (χ1) is 9.86. The number of fused-ring (bicyclic) bond motifs is 1. The number of nitrogens with one attached hydrogen (secondary N) is 1. The van der Waals surface area contributed by atoms with Crippen molar-refractivity contribution >= 4 is 0 Å². The number of nitrogens with zero attached hydrogens (tertiary/aromatic N) is 2. The van der Waals surface area contributed by atoms with Crippen LogP contribution in [-0.2, 0) is 6.54 Å². The molecule has 0 saturated heterocycles. The van der Waals surface area contributed by atoms with Gasteiger partial charge < -0.3 is 14.8 Å². The second-order valence-electron chi connectivity index (χ2n) is 4.74. The highest BCUT2D eigenvalue weighted by Crippen LogP contribution is 2.35. The molecule has 106 valence electrons. The van der Waals surface area contributed by atoms with E-state index < -0.39 is 0 Å². The van der Waals surface area contributed by atoms with Crippen LogP contribution in [0.2, 0.25) is 0 Å². The molecule has 5 nitrogen and oxygen atoms in total. The van der Waals surface area contributed by atoms with Crippen molar-refractivity contribution in [3.05, 3.63) is 42.2 Å². The highest BCUT2D eigenvalue weighted by atomic mass is 16.5. The van der Waals surface area contributed by atoms with Gasteiger partial charge in [-0.2, -0.15) is 5.10 Å². The first kappa shape index (κ1) is 13.0. The molecule has 1 aromatic heterocycles. The Hall–Kier alpha value is -2.01. The first-order valence-corrected chi connectivity index (χ1v) is 6.97. The number of aromatic nitrogens is 2. The zero-order valence-electron chi connectivity index (χ0n) is 11.6. The van der Waals surface area contributed by atoms with Gasteiger partial charge in [0.25, 0.3) is 0 Å². The minimum atomic E-state index is 0.299. The molecule has 0 bridgehead atoms. The summed E-state index contributed by atoms with van der Waals surface area (Å²) < 4.78 is 13.3. The third kappa shape index (κ3) is 2.77. The maximum atomic E-state index is 5.74. The van der Waals surface area contributed by atoms with Crippen LogP contribution in [0.25, 0.3) is 0 Å². The first-order valence-electron chi connectivity index (χ1n) is 6.97. The second kappa shape index (κ2) is 5.96. The van der Waals surface area contributed by atoms with Crippen molar-refractivity contribution in [1.29, 1.82) is 0 Å². The molecule has 1 N–H and O–H groups in total. The van der Waals surface area contributed by atoms with E-state index in [0.29, 0.717) is 19.3 Å². The van der Waals surface area contributed by atoms with Crippen molar-refractivity contribution in [1.82, 2.24) is 15.1 Å².